The summed E-state index contributed by atoms with van der Waals surface area (Å²) in [4.78, 5) is 17.5. The van der Waals surface area contributed by atoms with Gasteiger partial charge in [0.2, 0.25) is 0 Å². The smallest absolute Gasteiger partial charge is 0.331 e. The molecular weight excluding hydrogens is 490 g/mol. The van der Waals surface area contributed by atoms with Gasteiger partial charge in [0.1, 0.15) is 24.9 Å². The summed E-state index contributed by atoms with van der Waals surface area (Å²) in [5.74, 6) is 1.11. The van der Waals surface area contributed by atoms with Crippen LogP contribution < -0.4 is 0 Å². The minimum Gasteiger partial charge on any atom is -0.458 e. The summed E-state index contributed by atoms with van der Waals surface area (Å²) >= 11 is 0. The molecule has 0 aromatic rings. The molecule has 0 spiro atoms. The number of hydrogen-bond acceptors (Lipinski definition) is 9. The molecule has 0 aromatic heterocycles. The minimum atomic E-state index is -1.27. The molecule has 5 fully saturated rings. The Morgan fingerprint density at radius 2 is 1.79 bits per heavy atom. The molecule has 0 aromatic carbocycles. The van der Waals surface area contributed by atoms with Crippen molar-refractivity contribution in [1.82, 2.24) is 5.06 Å². The Labute approximate surface area is 225 Å². The van der Waals surface area contributed by atoms with Crippen molar-refractivity contribution in [3.8, 4) is 0 Å². The standard InChI is InChI=1S/C29H45NO8/c1-27-9-6-18(30(36-3)26-25(34)24(33)22(31)15-38-26)13-17(27)4-5-21-20(27)7-10-28(2)19(8-11-29(21,28)35)16-12-23(32)37-14-16/h12,17-22,24-26,31,33-35H,4-11,13-15H2,1-3H3/t17?,18-,19+,20?,21?,22-,24-,25+,26?,27-,28+,29-/m0/s1. The Balaban J connectivity index is 1.19. The van der Waals surface area contributed by atoms with Crippen molar-refractivity contribution in [1.29, 1.82) is 0 Å². The number of hydroxylamine groups is 2. The molecule has 9 heteroatoms. The zero-order valence-electron chi connectivity index (χ0n) is 22.9. The maximum atomic E-state index is 12.4. The van der Waals surface area contributed by atoms with Gasteiger partial charge in [-0.1, -0.05) is 13.8 Å². The molecule has 2 heterocycles. The van der Waals surface area contributed by atoms with Crippen LogP contribution in [-0.2, 0) is 19.1 Å². The molecule has 4 aliphatic carbocycles. The third-order valence-corrected chi connectivity index (χ3v) is 12.3. The van der Waals surface area contributed by atoms with Gasteiger partial charge in [0.05, 0.1) is 19.3 Å². The van der Waals surface area contributed by atoms with E-state index < -0.39 is 30.1 Å². The molecule has 6 rings (SSSR count). The molecule has 0 radical (unpaired) electrons. The number of fused-ring (bicyclic) bond motifs is 5. The predicted molar refractivity (Wildman–Crippen MR) is 136 cm³/mol. The first-order valence-corrected chi connectivity index (χ1v) is 14.6. The van der Waals surface area contributed by atoms with Gasteiger partial charge < -0.3 is 29.9 Å². The molecule has 1 saturated heterocycles. The van der Waals surface area contributed by atoms with E-state index in [2.05, 4.69) is 13.8 Å². The minimum absolute atomic E-state index is 0.0383. The average Bonchev–Trinajstić information content (AvgIpc) is 3.44. The van der Waals surface area contributed by atoms with E-state index in [1.807, 2.05) is 0 Å². The number of aliphatic hydroxyl groups excluding tert-OH is 3. The normalized spacial score (nSPS) is 52.7. The second kappa shape index (κ2) is 9.50. The maximum absolute atomic E-state index is 12.4. The Bertz CT molecular complexity index is 974. The van der Waals surface area contributed by atoms with Crippen molar-refractivity contribution in [2.24, 2.45) is 34.5 Å². The first-order valence-electron chi connectivity index (χ1n) is 14.6. The lowest BCUT2D eigenvalue weighted by Gasteiger charge is -2.64. The second-order valence-electron chi connectivity index (χ2n) is 13.5. The lowest BCUT2D eigenvalue weighted by molar-refractivity contribution is -0.326. The van der Waals surface area contributed by atoms with Crippen molar-refractivity contribution < 1.29 is 39.5 Å². The molecule has 0 amide bonds. The first-order chi connectivity index (χ1) is 18.0. The molecule has 9 nitrogen and oxygen atoms in total. The number of hydrogen-bond donors (Lipinski definition) is 4. The van der Waals surface area contributed by atoms with Crippen molar-refractivity contribution in [2.75, 3.05) is 20.3 Å². The highest BCUT2D eigenvalue weighted by molar-refractivity contribution is 5.85. The zero-order chi connectivity index (χ0) is 27.0. The summed E-state index contributed by atoms with van der Waals surface area (Å²) in [5, 5.41) is 44.9. The lowest BCUT2D eigenvalue weighted by Crippen LogP contribution is -2.64. The molecular formula is C29H45NO8. The predicted octanol–water partition coefficient (Wildman–Crippen LogP) is 1.91. The van der Waals surface area contributed by atoms with Crippen LogP contribution in [0.5, 0.6) is 0 Å². The quantitative estimate of drug-likeness (QED) is 0.315. The van der Waals surface area contributed by atoms with Crippen LogP contribution in [0.3, 0.4) is 0 Å². The first kappa shape index (κ1) is 27.1. The van der Waals surface area contributed by atoms with Gasteiger partial charge in [0, 0.05) is 17.5 Å². The molecule has 4 unspecified atom stereocenters. The Hall–Kier alpha value is -1.07. The highest BCUT2D eigenvalue weighted by Crippen LogP contribution is 2.70. The van der Waals surface area contributed by atoms with E-state index in [1.54, 1.807) is 18.2 Å². The molecule has 2 aliphatic heterocycles. The monoisotopic (exact) mass is 535 g/mol. The van der Waals surface area contributed by atoms with Gasteiger partial charge in [-0.25, -0.2) is 4.79 Å². The summed E-state index contributed by atoms with van der Waals surface area (Å²) in [7, 11) is 1.57. The maximum Gasteiger partial charge on any atom is 0.331 e. The van der Waals surface area contributed by atoms with Gasteiger partial charge in [-0.3, -0.25) is 4.84 Å². The summed E-state index contributed by atoms with van der Waals surface area (Å²) in [6.45, 7) is 5.01. The van der Waals surface area contributed by atoms with Gasteiger partial charge >= 0.3 is 5.97 Å². The van der Waals surface area contributed by atoms with Crippen molar-refractivity contribution in [3.05, 3.63) is 11.6 Å². The van der Waals surface area contributed by atoms with Gasteiger partial charge in [-0.15, -0.1) is 0 Å². The molecule has 214 valence electrons. The number of carbonyl (C=O) groups is 1. The van der Waals surface area contributed by atoms with Crippen molar-refractivity contribution in [3.63, 3.8) is 0 Å². The Morgan fingerprint density at radius 3 is 2.50 bits per heavy atom. The zero-order valence-corrected chi connectivity index (χ0v) is 22.9. The van der Waals surface area contributed by atoms with Crippen LogP contribution in [0.25, 0.3) is 0 Å². The van der Waals surface area contributed by atoms with E-state index in [-0.39, 0.29) is 41.3 Å². The van der Waals surface area contributed by atoms with Crippen LogP contribution >= 0.6 is 0 Å². The molecule has 6 aliphatic rings. The Kier molecular flexibility index (Phi) is 6.78. The highest BCUT2D eigenvalue weighted by Gasteiger charge is 2.68. The largest absolute Gasteiger partial charge is 0.458 e. The van der Waals surface area contributed by atoms with E-state index in [4.69, 9.17) is 14.3 Å². The van der Waals surface area contributed by atoms with Crippen LogP contribution in [0.1, 0.15) is 71.6 Å². The molecule has 38 heavy (non-hydrogen) atoms. The van der Waals surface area contributed by atoms with Crippen LogP contribution in [0.4, 0.5) is 0 Å². The second-order valence-corrected chi connectivity index (χ2v) is 13.5. The van der Waals surface area contributed by atoms with Crippen LogP contribution in [0, 0.1) is 34.5 Å². The van der Waals surface area contributed by atoms with Crippen molar-refractivity contribution >= 4 is 5.97 Å². The summed E-state index contributed by atoms with van der Waals surface area (Å²) in [6, 6.07) is 0.0383. The number of nitrogens with zero attached hydrogens (tertiary/aromatic N) is 1. The molecule has 4 N–H and O–H groups in total. The average molecular weight is 536 g/mol. The molecule has 0 bridgehead atoms. The fraction of sp³-hybridized carbons (Fsp3) is 0.897. The number of rotatable bonds is 4. The number of cyclic esters (lactones) is 1. The number of esters is 1. The van der Waals surface area contributed by atoms with E-state index in [1.165, 1.54) is 0 Å². The fourth-order valence-electron chi connectivity index (χ4n) is 10.1. The van der Waals surface area contributed by atoms with Crippen LogP contribution in [0.2, 0.25) is 0 Å². The molecule has 12 atom stereocenters. The third-order valence-electron chi connectivity index (χ3n) is 12.3. The van der Waals surface area contributed by atoms with Gasteiger partial charge in [-0.2, -0.15) is 5.06 Å². The van der Waals surface area contributed by atoms with E-state index in [0.29, 0.717) is 18.4 Å². The van der Waals surface area contributed by atoms with Gasteiger partial charge in [0.15, 0.2) is 6.23 Å². The highest BCUT2D eigenvalue weighted by atomic mass is 16.7. The summed E-state index contributed by atoms with van der Waals surface area (Å²) in [6.07, 6.45) is 5.76. The van der Waals surface area contributed by atoms with E-state index in [0.717, 1.165) is 63.4 Å². The van der Waals surface area contributed by atoms with Gasteiger partial charge in [-0.05, 0) is 92.4 Å². The number of carbonyl (C=O) groups excluding carboxylic acids is 1. The van der Waals surface area contributed by atoms with Gasteiger partial charge in [0.25, 0.3) is 0 Å². The van der Waals surface area contributed by atoms with Crippen LogP contribution in [0.15, 0.2) is 11.6 Å². The van der Waals surface area contributed by atoms with Crippen LogP contribution in [-0.4, -0.2) is 88.0 Å². The topological polar surface area (TPSA) is 129 Å². The summed E-state index contributed by atoms with van der Waals surface area (Å²) < 4.78 is 11.0. The van der Waals surface area contributed by atoms with E-state index in [9.17, 15) is 25.2 Å². The summed E-state index contributed by atoms with van der Waals surface area (Å²) in [5.41, 5.74) is 0.215. The lowest BCUT2D eigenvalue weighted by atomic mass is 9.43. The van der Waals surface area contributed by atoms with Crippen molar-refractivity contribution in [2.45, 2.75) is 108 Å². The number of ether oxygens (including phenoxy) is 2. The number of aliphatic hydroxyl groups is 4. The Morgan fingerprint density at radius 1 is 1.00 bits per heavy atom. The molecule has 4 saturated carbocycles. The SMILES string of the molecule is CON(C1OC[C@H](O)[C@H](O)[C@H]1O)[C@H]1CC[C@@]2(C)C(CCC3C2CC[C@]2(C)[C@@H](C4=CC(=O)OC4)CC[C@]32O)C1. The third kappa shape index (κ3) is 3.80. The van der Waals surface area contributed by atoms with E-state index >= 15 is 0 Å². The fourth-order valence-corrected chi connectivity index (χ4v) is 10.1.